The Morgan fingerprint density at radius 2 is 1.25 bits per heavy atom. The molecule has 0 unspecified atom stereocenters. The van der Waals surface area contributed by atoms with Gasteiger partial charge in [-0.15, -0.1) is 0 Å². The third-order valence-electron chi connectivity index (χ3n) is 6.95. The van der Waals surface area contributed by atoms with Crippen LogP contribution >= 0.6 is 0 Å². The predicted octanol–water partition coefficient (Wildman–Crippen LogP) is 4.09. The predicted molar refractivity (Wildman–Crippen MR) is 111 cm³/mol. The second-order valence-corrected chi connectivity index (χ2v) is 8.87. The van der Waals surface area contributed by atoms with Crippen LogP contribution in [-0.2, 0) is 0 Å². The molecule has 28 heavy (non-hydrogen) atoms. The molecule has 0 aromatic carbocycles. The summed E-state index contributed by atoms with van der Waals surface area (Å²) in [6.45, 7) is 0. The van der Waals surface area contributed by atoms with E-state index in [1.165, 1.54) is 28.4 Å². The van der Waals surface area contributed by atoms with Gasteiger partial charge in [0.2, 0.25) is 5.88 Å². The van der Waals surface area contributed by atoms with E-state index >= 15 is 0 Å². The van der Waals surface area contributed by atoms with E-state index in [0.717, 1.165) is 70.6 Å². The summed E-state index contributed by atoms with van der Waals surface area (Å²) >= 11 is 0. The van der Waals surface area contributed by atoms with E-state index in [0.29, 0.717) is 0 Å². The molecule has 6 heteroatoms. The van der Waals surface area contributed by atoms with Crippen LogP contribution in [0.15, 0.2) is 14.6 Å². The molecule has 4 rings (SSSR count). The van der Waals surface area contributed by atoms with Crippen molar-refractivity contribution in [3.8, 4) is 5.88 Å². The van der Waals surface area contributed by atoms with Crippen LogP contribution in [0.25, 0.3) is 0 Å². The van der Waals surface area contributed by atoms with Crippen LogP contribution in [-0.4, -0.2) is 26.5 Å². The quantitative estimate of drug-likeness (QED) is 0.791. The summed E-state index contributed by atoms with van der Waals surface area (Å²) in [7, 11) is 0. The number of nitrogens with zero attached hydrogens (tertiary/aromatic N) is 3. The summed E-state index contributed by atoms with van der Waals surface area (Å²) < 4.78 is 2.97. The minimum Gasteiger partial charge on any atom is -0.494 e. The largest absolute Gasteiger partial charge is 0.494 e. The Hall–Kier alpha value is -1.85. The van der Waals surface area contributed by atoms with Crippen LogP contribution < -0.4 is 11.2 Å². The van der Waals surface area contributed by atoms with Gasteiger partial charge in [-0.2, -0.15) is 0 Å². The first-order chi connectivity index (χ1) is 13.7. The fourth-order valence-corrected chi connectivity index (χ4v) is 5.32. The Morgan fingerprint density at radius 3 is 1.82 bits per heavy atom. The van der Waals surface area contributed by atoms with E-state index in [9.17, 15) is 14.7 Å². The molecule has 0 amide bonds. The van der Waals surface area contributed by atoms with Gasteiger partial charge in [0, 0.05) is 24.3 Å². The Bertz CT molecular complexity index is 821. The van der Waals surface area contributed by atoms with Crippen molar-refractivity contribution in [1.82, 2.24) is 9.13 Å². The van der Waals surface area contributed by atoms with Crippen molar-refractivity contribution < 1.29 is 5.11 Å². The lowest BCUT2D eigenvalue weighted by molar-refractivity contribution is 0.271. The Kier molecular flexibility index (Phi) is 6.02. The molecule has 3 fully saturated rings. The van der Waals surface area contributed by atoms with Gasteiger partial charge >= 0.3 is 5.69 Å². The van der Waals surface area contributed by atoms with Crippen molar-refractivity contribution in [2.75, 3.05) is 0 Å². The van der Waals surface area contributed by atoms with Gasteiger partial charge in [0.05, 0.1) is 0 Å². The first-order valence-electron chi connectivity index (χ1n) is 11.3. The minimum atomic E-state index is -0.358. The molecular weight excluding hydrogens is 354 g/mol. The van der Waals surface area contributed by atoms with Crippen molar-refractivity contribution in [2.24, 2.45) is 4.99 Å². The lowest BCUT2D eigenvalue weighted by atomic mass is 9.94. The average molecular weight is 388 g/mol. The fraction of sp³-hybridized carbons (Fsp3) is 0.773. The maximum absolute atomic E-state index is 13.3. The van der Waals surface area contributed by atoms with E-state index in [1.807, 2.05) is 0 Å². The number of hydrogen-bond donors (Lipinski definition) is 1. The highest BCUT2D eigenvalue weighted by molar-refractivity contribution is 5.82. The van der Waals surface area contributed by atoms with Crippen LogP contribution in [0.1, 0.15) is 108 Å². The monoisotopic (exact) mass is 387 g/mol. The van der Waals surface area contributed by atoms with E-state index in [1.54, 1.807) is 6.21 Å². The van der Waals surface area contributed by atoms with E-state index in [4.69, 9.17) is 0 Å². The number of hydrogen-bond acceptors (Lipinski definition) is 4. The van der Waals surface area contributed by atoms with E-state index in [2.05, 4.69) is 4.99 Å². The molecule has 1 aromatic rings. The van der Waals surface area contributed by atoms with Gasteiger partial charge in [0.1, 0.15) is 5.56 Å². The highest BCUT2D eigenvalue weighted by Gasteiger charge is 2.28. The number of aromatic nitrogens is 2. The van der Waals surface area contributed by atoms with Gasteiger partial charge in [0.25, 0.3) is 5.56 Å². The van der Waals surface area contributed by atoms with Gasteiger partial charge in [-0.3, -0.25) is 18.9 Å². The summed E-state index contributed by atoms with van der Waals surface area (Å²) in [5.74, 6) is -0.171. The topological polar surface area (TPSA) is 76.6 Å². The molecule has 0 atom stereocenters. The average Bonchev–Trinajstić information content (AvgIpc) is 3.23. The highest BCUT2D eigenvalue weighted by atomic mass is 16.3. The molecule has 3 aliphatic carbocycles. The first kappa shape index (κ1) is 19.5. The van der Waals surface area contributed by atoms with Gasteiger partial charge < -0.3 is 5.11 Å². The fourth-order valence-electron chi connectivity index (χ4n) is 5.32. The molecule has 3 saturated carbocycles. The van der Waals surface area contributed by atoms with Crippen molar-refractivity contribution in [2.45, 2.75) is 108 Å². The van der Waals surface area contributed by atoms with Gasteiger partial charge in [-0.25, -0.2) is 4.79 Å². The van der Waals surface area contributed by atoms with Crippen molar-refractivity contribution >= 4 is 6.21 Å². The Morgan fingerprint density at radius 1 is 0.750 bits per heavy atom. The van der Waals surface area contributed by atoms with Gasteiger partial charge in [0.15, 0.2) is 0 Å². The van der Waals surface area contributed by atoms with Gasteiger partial charge in [-0.05, 0) is 38.5 Å². The summed E-state index contributed by atoms with van der Waals surface area (Å²) in [6.07, 6.45) is 16.0. The van der Waals surface area contributed by atoms with Crippen LogP contribution in [0, 0.1) is 0 Å². The molecule has 1 aromatic heterocycles. The molecule has 0 spiro atoms. The van der Waals surface area contributed by atoms with Crippen molar-refractivity contribution in [1.29, 1.82) is 0 Å². The molecule has 154 valence electrons. The molecule has 1 N–H and O–H groups in total. The van der Waals surface area contributed by atoms with Crippen molar-refractivity contribution in [3.05, 3.63) is 26.4 Å². The Balaban J connectivity index is 1.81. The molecule has 0 saturated heterocycles. The molecule has 0 radical (unpaired) electrons. The zero-order valence-electron chi connectivity index (χ0n) is 16.8. The molecule has 0 aliphatic heterocycles. The van der Waals surface area contributed by atoms with Crippen LogP contribution in [0.2, 0.25) is 0 Å². The smallest absolute Gasteiger partial charge is 0.334 e. The van der Waals surface area contributed by atoms with Gasteiger partial charge in [-0.1, -0.05) is 51.4 Å². The maximum atomic E-state index is 13.3. The van der Waals surface area contributed by atoms with Crippen molar-refractivity contribution in [3.63, 3.8) is 0 Å². The van der Waals surface area contributed by atoms with Crippen LogP contribution in [0.4, 0.5) is 0 Å². The minimum absolute atomic E-state index is 0.0182. The van der Waals surface area contributed by atoms with Crippen LogP contribution in [0.3, 0.4) is 0 Å². The second-order valence-electron chi connectivity index (χ2n) is 8.87. The number of aromatic hydroxyl groups is 1. The SMILES string of the molecule is O=c1c(C=NC2CCCC2)c(O)n(C2CCCCC2)c(=O)n1C1CCCCC1. The number of aliphatic imine (C=N–C) groups is 1. The van der Waals surface area contributed by atoms with Crippen LogP contribution in [0.5, 0.6) is 5.88 Å². The molecule has 1 heterocycles. The standard InChI is InChI=1S/C22H33N3O3/c26-20-19(15-23-16-9-7-8-10-16)21(27)25(18-13-5-2-6-14-18)22(28)24(20)17-11-3-1-4-12-17/h15-18,26H,1-14H2. The summed E-state index contributed by atoms with van der Waals surface area (Å²) in [4.78, 5) is 31.2. The Labute approximate surface area is 166 Å². The second kappa shape index (κ2) is 8.66. The highest BCUT2D eigenvalue weighted by Crippen LogP contribution is 2.32. The molecular formula is C22H33N3O3. The third-order valence-corrected chi connectivity index (χ3v) is 6.95. The summed E-state index contributed by atoms with van der Waals surface area (Å²) in [5, 5.41) is 11.0. The molecule has 3 aliphatic rings. The number of rotatable bonds is 4. The lowest BCUT2D eigenvalue weighted by Gasteiger charge is -2.29. The summed E-state index contributed by atoms with van der Waals surface area (Å²) in [6, 6.07) is 0.162. The van der Waals surface area contributed by atoms with E-state index in [-0.39, 0.29) is 40.8 Å². The lowest BCUT2D eigenvalue weighted by Crippen LogP contribution is -2.45. The first-order valence-corrected chi connectivity index (χ1v) is 11.3. The van der Waals surface area contributed by atoms with E-state index < -0.39 is 0 Å². The summed E-state index contributed by atoms with van der Waals surface area (Å²) in [5.41, 5.74) is -0.467. The zero-order chi connectivity index (χ0) is 19.5. The molecule has 6 nitrogen and oxygen atoms in total. The normalized spacial score (nSPS) is 23.0. The third kappa shape index (κ3) is 3.83. The maximum Gasteiger partial charge on any atom is 0.334 e. The zero-order valence-corrected chi connectivity index (χ0v) is 16.8. The molecule has 0 bridgehead atoms.